The summed E-state index contributed by atoms with van der Waals surface area (Å²) in [5.41, 5.74) is 2.98. The molecule has 0 spiro atoms. The Hall–Kier alpha value is -2.21. The van der Waals surface area contributed by atoms with Gasteiger partial charge in [0.15, 0.2) is 0 Å². The standard InChI is InChI=1S/C24H30N2O3/c27-24(25-23-13-5-4-12-22(23)19-8-2-1-3-9-19)18-26(16-20-10-6-14-28-20)17-21-11-7-15-29-21/h1-5,8-9,12-13,20-21H,6-7,10-11,14-18H2,(H,25,27)/t20-,21-/m0/s1. The third-order valence-electron chi connectivity index (χ3n) is 5.62. The summed E-state index contributed by atoms with van der Waals surface area (Å²) in [6, 6.07) is 18.1. The van der Waals surface area contributed by atoms with Gasteiger partial charge in [-0.05, 0) is 37.3 Å². The second-order valence-corrected chi connectivity index (χ2v) is 7.92. The van der Waals surface area contributed by atoms with Crippen LogP contribution >= 0.6 is 0 Å². The van der Waals surface area contributed by atoms with Gasteiger partial charge in [0.1, 0.15) is 0 Å². The molecule has 0 saturated carbocycles. The lowest BCUT2D eigenvalue weighted by molar-refractivity contribution is -0.118. The van der Waals surface area contributed by atoms with Gasteiger partial charge >= 0.3 is 0 Å². The van der Waals surface area contributed by atoms with Crippen LogP contribution in [0.4, 0.5) is 5.69 Å². The topological polar surface area (TPSA) is 50.8 Å². The Bertz CT molecular complexity index is 766. The molecule has 1 N–H and O–H groups in total. The summed E-state index contributed by atoms with van der Waals surface area (Å²) in [5.74, 6) is 0.00405. The van der Waals surface area contributed by atoms with Crippen molar-refractivity contribution < 1.29 is 14.3 Å². The fourth-order valence-corrected chi connectivity index (χ4v) is 4.21. The quantitative estimate of drug-likeness (QED) is 0.737. The Kier molecular flexibility index (Phi) is 6.93. The molecule has 5 heteroatoms. The average Bonchev–Trinajstić information content (AvgIpc) is 3.43. The van der Waals surface area contributed by atoms with Crippen LogP contribution in [0, 0.1) is 0 Å². The van der Waals surface area contributed by atoms with Crippen molar-refractivity contribution in [1.82, 2.24) is 4.90 Å². The van der Waals surface area contributed by atoms with E-state index in [9.17, 15) is 4.79 Å². The van der Waals surface area contributed by atoms with Gasteiger partial charge in [-0.25, -0.2) is 0 Å². The summed E-state index contributed by atoms with van der Waals surface area (Å²) in [6.07, 6.45) is 4.80. The number of ether oxygens (including phenoxy) is 2. The fourth-order valence-electron chi connectivity index (χ4n) is 4.21. The molecule has 2 atom stereocenters. The molecule has 0 aromatic heterocycles. The molecule has 2 aromatic carbocycles. The molecule has 0 aliphatic carbocycles. The molecule has 0 unspecified atom stereocenters. The molecule has 29 heavy (non-hydrogen) atoms. The van der Waals surface area contributed by atoms with Crippen LogP contribution in [0.3, 0.4) is 0 Å². The molecule has 1 amide bonds. The van der Waals surface area contributed by atoms with Gasteiger partial charge in [0.2, 0.25) is 5.91 Å². The van der Waals surface area contributed by atoms with Crippen molar-refractivity contribution in [2.75, 3.05) is 38.2 Å². The van der Waals surface area contributed by atoms with Crippen LogP contribution in [0.2, 0.25) is 0 Å². The summed E-state index contributed by atoms with van der Waals surface area (Å²) >= 11 is 0. The van der Waals surface area contributed by atoms with Crippen LogP contribution < -0.4 is 5.32 Å². The summed E-state index contributed by atoms with van der Waals surface area (Å²) in [5, 5.41) is 3.13. The highest BCUT2D eigenvalue weighted by atomic mass is 16.5. The molecule has 2 saturated heterocycles. The Morgan fingerprint density at radius 3 is 2.14 bits per heavy atom. The number of carbonyl (C=O) groups excluding carboxylic acids is 1. The zero-order valence-corrected chi connectivity index (χ0v) is 16.9. The predicted octanol–water partition coefficient (Wildman–Crippen LogP) is 3.95. The van der Waals surface area contributed by atoms with Crippen LogP contribution in [0.15, 0.2) is 54.6 Å². The lowest BCUT2D eigenvalue weighted by Gasteiger charge is -2.27. The van der Waals surface area contributed by atoms with Gasteiger partial charge in [-0.15, -0.1) is 0 Å². The van der Waals surface area contributed by atoms with Crippen molar-refractivity contribution >= 4 is 11.6 Å². The number of para-hydroxylation sites is 1. The van der Waals surface area contributed by atoms with Crippen molar-refractivity contribution in [2.24, 2.45) is 0 Å². The van der Waals surface area contributed by atoms with E-state index in [1.165, 1.54) is 0 Å². The first-order valence-electron chi connectivity index (χ1n) is 10.7. The molecule has 2 aliphatic rings. The molecule has 2 heterocycles. The smallest absolute Gasteiger partial charge is 0.238 e. The highest BCUT2D eigenvalue weighted by molar-refractivity contribution is 5.96. The van der Waals surface area contributed by atoms with Crippen molar-refractivity contribution in [2.45, 2.75) is 37.9 Å². The molecular weight excluding hydrogens is 364 g/mol. The number of rotatable bonds is 8. The van der Waals surface area contributed by atoms with Crippen molar-refractivity contribution in [3.8, 4) is 11.1 Å². The van der Waals surface area contributed by atoms with E-state index in [-0.39, 0.29) is 18.1 Å². The summed E-state index contributed by atoms with van der Waals surface area (Å²) in [7, 11) is 0. The van der Waals surface area contributed by atoms with E-state index in [4.69, 9.17) is 9.47 Å². The maximum absolute atomic E-state index is 12.9. The third kappa shape index (κ3) is 5.66. The Morgan fingerprint density at radius 1 is 0.897 bits per heavy atom. The van der Waals surface area contributed by atoms with Crippen molar-refractivity contribution in [3.05, 3.63) is 54.6 Å². The minimum absolute atomic E-state index is 0.00405. The number of carbonyl (C=O) groups is 1. The first kappa shape index (κ1) is 20.1. The lowest BCUT2D eigenvalue weighted by atomic mass is 10.0. The normalized spacial score (nSPS) is 21.6. The molecule has 0 radical (unpaired) electrons. The number of hydrogen-bond donors (Lipinski definition) is 1. The van der Waals surface area contributed by atoms with Crippen molar-refractivity contribution in [3.63, 3.8) is 0 Å². The molecule has 2 aliphatic heterocycles. The van der Waals surface area contributed by atoms with Crippen LogP contribution in [0.25, 0.3) is 11.1 Å². The van der Waals surface area contributed by atoms with Crippen molar-refractivity contribution in [1.29, 1.82) is 0 Å². The predicted molar refractivity (Wildman–Crippen MR) is 115 cm³/mol. The van der Waals surface area contributed by atoms with E-state index < -0.39 is 0 Å². The Labute approximate surface area is 173 Å². The van der Waals surface area contributed by atoms with Gasteiger partial charge in [0.25, 0.3) is 0 Å². The number of nitrogens with zero attached hydrogens (tertiary/aromatic N) is 1. The first-order chi connectivity index (χ1) is 14.3. The molecular formula is C24H30N2O3. The zero-order chi connectivity index (χ0) is 19.9. The molecule has 2 fully saturated rings. The summed E-state index contributed by atoms with van der Waals surface area (Å²) in [4.78, 5) is 15.1. The Morgan fingerprint density at radius 2 is 1.52 bits per heavy atom. The highest BCUT2D eigenvalue weighted by Crippen LogP contribution is 2.27. The first-order valence-corrected chi connectivity index (χ1v) is 10.7. The van der Waals surface area contributed by atoms with E-state index in [2.05, 4.69) is 22.3 Å². The number of benzene rings is 2. The largest absolute Gasteiger partial charge is 0.377 e. The van der Waals surface area contributed by atoms with Crippen LogP contribution in [0.1, 0.15) is 25.7 Å². The van der Waals surface area contributed by atoms with Crippen LogP contribution in [-0.4, -0.2) is 55.9 Å². The second kappa shape index (κ2) is 10.0. The van der Waals surface area contributed by atoms with Gasteiger partial charge in [0.05, 0.1) is 18.8 Å². The van der Waals surface area contributed by atoms with Gasteiger partial charge in [-0.3, -0.25) is 9.69 Å². The van der Waals surface area contributed by atoms with Gasteiger partial charge < -0.3 is 14.8 Å². The third-order valence-corrected chi connectivity index (χ3v) is 5.62. The van der Waals surface area contributed by atoms with Gasteiger partial charge in [-0.1, -0.05) is 48.5 Å². The SMILES string of the molecule is O=C(CN(C[C@@H]1CCCO1)C[C@@H]1CCCO1)Nc1ccccc1-c1ccccc1. The zero-order valence-electron chi connectivity index (χ0n) is 16.9. The minimum atomic E-state index is 0.00405. The maximum Gasteiger partial charge on any atom is 0.238 e. The number of hydrogen-bond acceptors (Lipinski definition) is 4. The molecule has 2 aromatic rings. The summed E-state index contributed by atoms with van der Waals surface area (Å²) < 4.78 is 11.6. The Balaban J connectivity index is 1.42. The van der Waals surface area contributed by atoms with E-state index in [0.29, 0.717) is 6.54 Å². The minimum Gasteiger partial charge on any atom is -0.377 e. The van der Waals surface area contributed by atoms with E-state index >= 15 is 0 Å². The van der Waals surface area contributed by atoms with E-state index in [1.54, 1.807) is 0 Å². The molecule has 154 valence electrons. The number of amides is 1. The summed E-state index contributed by atoms with van der Waals surface area (Å²) in [6.45, 7) is 3.58. The lowest BCUT2D eigenvalue weighted by Crippen LogP contribution is -2.42. The number of nitrogens with one attached hydrogen (secondary N) is 1. The number of anilines is 1. The monoisotopic (exact) mass is 394 g/mol. The van der Waals surface area contributed by atoms with E-state index in [1.807, 2.05) is 42.5 Å². The maximum atomic E-state index is 12.9. The van der Waals surface area contributed by atoms with Crippen LogP contribution in [0.5, 0.6) is 0 Å². The highest BCUT2D eigenvalue weighted by Gasteiger charge is 2.25. The molecule has 0 bridgehead atoms. The molecule has 5 nitrogen and oxygen atoms in total. The fraction of sp³-hybridized carbons (Fsp3) is 0.458. The molecule has 4 rings (SSSR count). The van der Waals surface area contributed by atoms with Crippen LogP contribution in [-0.2, 0) is 14.3 Å². The van der Waals surface area contributed by atoms with E-state index in [0.717, 1.165) is 68.8 Å². The second-order valence-electron chi connectivity index (χ2n) is 7.92. The van der Waals surface area contributed by atoms with Gasteiger partial charge in [-0.2, -0.15) is 0 Å². The average molecular weight is 395 g/mol. The van der Waals surface area contributed by atoms with Gasteiger partial charge in [0, 0.05) is 37.6 Å².